The summed E-state index contributed by atoms with van der Waals surface area (Å²) >= 11 is -0.826. The zero-order valence-corrected chi connectivity index (χ0v) is 26.7. The summed E-state index contributed by atoms with van der Waals surface area (Å²) in [5, 5.41) is 13.2. The van der Waals surface area contributed by atoms with Gasteiger partial charge in [0.1, 0.15) is 0 Å². The predicted octanol–water partition coefficient (Wildman–Crippen LogP) is 3.61. The Morgan fingerprint density at radius 2 is 1.23 bits per heavy atom. The van der Waals surface area contributed by atoms with Crippen molar-refractivity contribution in [2.24, 2.45) is 0 Å². The summed E-state index contributed by atoms with van der Waals surface area (Å²) in [6, 6.07) is 13.6. The van der Waals surface area contributed by atoms with Gasteiger partial charge in [-0.3, -0.25) is 19.7 Å². The monoisotopic (exact) mass is 682 g/mol. The van der Waals surface area contributed by atoms with Gasteiger partial charge in [0.25, 0.3) is 16.8 Å². The van der Waals surface area contributed by atoms with Crippen molar-refractivity contribution in [2.75, 3.05) is 47.0 Å². The molecule has 4 rings (SSSR count). The molecule has 13 heteroatoms. The first-order chi connectivity index (χ1) is 18.5. The normalized spacial score (nSPS) is 10.8. The van der Waals surface area contributed by atoms with E-state index in [1.54, 1.807) is 27.5 Å². The van der Waals surface area contributed by atoms with Crippen molar-refractivity contribution in [3.63, 3.8) is 0 Å². The summed E-state index contributed by atoms with van der Waals surface area (Å²) in [7, 11) is 17.7. The molecule has 0 saturated carbocycles. The van der Waals surface area contributed by atoms with Crippen LogP contribution in [0.3, 0.4) is 0 Å². The van der Waals surface area contributed by atoms with E-state index in [4.69, 9.17) is 23.6 Å². The van der Waals surface area contributed by atoms with Crippen LogP contribution >= 0.6 is 17.8 Å². The van der Waals surface area contributed by atoms with Crippen LogP contribution in [0.15, 0.2) is 70.5 Å². The van der Waals surface area contributed by atoms with E-state index in [9.17, 15) is 19.7 Å². The van der Waals surface area contributed by atoms with E-state index in [1.807, 2.05) is 63.6 Å². The number of nitro benzene ring substituents is 1. The number of rotatable bonds is 7. The van der Waals surface area contributed by atoms with Gasteiger partial charge in [0, 0.05) is 61.1 Å². The SMILES string of the molecule is CN(C)CCn1ccc2c(N)cccc2c1=O.CN(C)CCn1ccc2c([N+](=O)[O-])cccc2c1=O.[Cl][Sn][Cl]. The first kappa shape index (κ1) is 32.6. The van der Waals surface area contributed by atoms with Crippen molar-refractivity contribution in [1.82, 2.24) is 18.9 Å². The van der Waals surface area contributed by atoms with Crippen LogP contribution in [-0.2, 0) is 13.1 Å². The van der Waals surface area contributed by atoms with Crippen LogP contribution in [-0.4, -0.2) is 84.0 Å². The quantitative estimate of drug-likeness (QED) is 0.137. The molecule has 2 aromatic carbocycles. The number of nitrogens with zero attached hydrogens (tertiary/aromatic N) is 5. The number of benzene rings is 2. The van der Waals surface area contributed by atoms with Gasteiger partial charge in [0.2, 0.25) is 0 Å². The fourth-order valence-electron chi connectivity index (χ4n) is 3.77. The summed E-state index contributed by atoms with van der Waals surface area (Å²) in [5.41, 5.74) is 6.29. The Morgan fingerprint density at radius 1 is 0.795 bits per heavy atom. The molecule has 0 aliphatic heterocycles. The minimum atomic E-state index is -0.826. The number of nitro groups is 1. The third-order valence-electron chi connectivity index (χ3n) is 5.82. The van der Waals surface area contributed by atoms with Gasteiger partial charge in [-0.1, -0.05) is 12.1 Å². The molecule has 2 aromatic heterocycles. The van der Waals surface area contributed by atoms with Crippen molar-refractivity contribution in [3.8, 4) is 0 Å². The molecule has 0 atom stereocenters. The van der Waals surface area contributed by atoms with Gasteiger partial charge >= 0.3 is 36.7 Å². The standard InChI is InChI=1S/C13H15N3O3.C13H17N3O.2ClH.Sn/c1-14(2)8-9-15-7-6-10-11(13(15)17)4-3-5-12(10)16(18)19;1-15(2)8-9-16-7-6-10-11(13(16)17)4-3-5-12(10)14;;;/h3-7H,8-9H2,1-2H3;3-7H,8-9,14H2,1-2H3;2*1H;/q;;;;+2/p-2. The van der Waals surface area contributed by atoms with Crippen molar-refractivity contribution in [2.45, 2.75) is 13.1 Å². The minimum absolute atomic E-state index is 0.0247. The summed E-state index contributed by atoms with van der Waals surface area (Å²) < 4.78 is 3.30. The number of fused-ring (bicyclic) bond motifs is 2. The second kappa shape index (κ2) is 15.8. The maximum absolute atomic E-state index is 12.2. The summed E-state index contributed by atoms with van der Waals surface area (Å²) in [6.45, 7) is 2.83. The van der Waals surface area contributed by atoms with Crippen LogP contribution in [0.2, 0.25) is 0 Å². The van der Waals surface area contributed by atoms with Crippen LogP contribution in [0.4, 0.5) is 11.4 Å². The fourth-order valence-corrected chi connectivity index (χ4v) is 3.77. The average Bonchev–Trinajstić information content (AvgIpc) is 2.89. The molecule has 0 fully saturated rings. The van der Waals surface area contributed by atoms with Crippen LogP contribution in [0.5, 0.6) is 0 Å². The van der Waals surface area contributed by atoms with Gasteiger partial charge in [0.15, 0.2) is 0 Å². The Morgan fingerprint density at radius 3 is 1.69 bits per heavy atom. The molecule has 0 bridgehead atoms. The Balaban J connectivity index is 0.000000250. The second-order valence-electron chi connectivity index (χ2n) is 9.11. The zero-order valence-electron chi connectivity index (χ0n) is 22.3. The molecule has 0 saturated heterocycles. The molecule has 0 spiro atoms. The molecule has 10 nitrogen and oxygen atoms in total. The Bertz CT molecular complexity index is 1520. The van der Waals surface area contributed by atoms with Crippen molar-refractivity contribution >= 4 is 69.7 Å². The van der Waals surface area contributed by atoms with Crippen LogP contribution in [0, 0.1) is 10.1 Å². The van der Waals surface area contributed by atoms with Crippen LogP contribution in [0.25, 0.3) is 21.5 Å². The molecule has 2 N–H and O–H groups in total. The van der Waals surface area contributed by atoms with Gasteiger partial charge in [0.05, 0.1) is 15.7 Å². The Labute approximate surface area is 244 Å². The van der Waals surface area contributed by atoms with Gasteiger partial charge in [-0.2, -0.15) is 0 Å². The second-order valence-corrected chi connectivity index (χ2v) is 13.4. The first-order valence-corrected chi connectivity index (χ1v) is 19.1. The summed E-state index contributed by atoms with van der Waals surface area (Å²) in [5.74, 6) is 0. The number of non-ortho nitro benzene ring substituents is 1. The molecule has 0 amide bonds. The number of likely N-dealkylation sites (N-methyl/N-ethyl adjacent to an activating group) is 2. The van der Waals surface area contributed by atoms with E-state index in [-0.39, 0.29) is 16.8 Å². The average molecular weight is 682 g/mol. The van der Waals surface area contributed by atoms with Crippen LogP contribution < -0.4 is 16.9 Å². The van der Waals surface area contributed by atoms with Gasteiger partial charge < -0.3 is 24.7 Å². The topological polar surface area (TPSA) is 120 Å². The van der Waals surface area contributed by atoms with E-state index < -0.39 is 23.8 Å². The summed E-state index contributed by atoms with van der Waals surface area (Å²) in [4.78, 5) is 38.9. The number of hydrogen-bond acceptors (Lipinski definition) is 7. The third kappa shape index (κ3) is 9.21. The number of aromatic nitrogens is 2. The van der Waals surface area contributed by atoms with E-state index in [2.05, 4.69) is 4.90 Å². The molecule has 208 valence electrons. The first-order valence-electron chi connectivity index (χ1n) is 11.9. The molecular formula is C26H32Cl2N6O4Sn. The van der Waals surface area contributed by atoms with Gasteiger partial charge in [-0.15, -0.1) is 0 Å². The molecule has 2 heterocycles. The van der Waals surface area contributed by atoms with E-state index >= 15 is 0 Å². The number of nitrogens with two attached hydrogens (primary N) is 1. The van der Waals surface area contributed by atoms with E-state index in [1.165, 1.54) is 12.1 Å². The molecule has 0 aliphatic carbocycles. The predicted molar refractivity (Wildman–Crippen MR) is 162 cm³/mol. The number of nitrogen functional groups attached to an aromatic ring is 1. The molecule has 4 aromatic rings. The summed E-state index contributed by atoms with van der Waals surface area (Å²) in [6.07, 6.45) is 3.42. The molecule has 2 radical (unpaired) electrons. The number of hydrogen-bond donors (Lipinski definition) is 1. The number of pyridine rings is 2. The molecule has 0 unspecified atom stereocenters. The third-order valence-corrected chi connectivity index (χ3v) is 5.82. The van der Waals surface area contributed by atoms with Gasteiger partial charge in [-0.25, -0.2) is 0 Å². The van der Waals surface area contributed by atoms with Gasteiger partial charge in [-0.05, 0) is 58.5 Å². The molecule has 39 heavy (non-hydrogen) atoms. The number of anilines is 1. The number of halogens is 2. The van der Waals surface area contributed by atoms with Crippen molar-refractivity contribution in [3.05, 3.63) is 91.7 Å². The molecular weight excluding hydrogens is 650 g/mol. The zero-order chi connectivity index (χ0) is 29.1. The Kier molecular flexibility index (Phi) is 13.2. The fraction of sp³-hybridized carbons (Fsp3) is 0.308. The Hall–Kier alpha value is -2.64. The van der Waals surface area contributed by atoms with Crippen molar-refractivity contribution in [1.29, 1.82) is 0 Å². The van der Waals surface area contributed by atoms with Crippen LogP contribution in [0.1, 0.15) is 0 Å². The molecule has 0 aliphatic rings. The maximum atomic E-state index is 12.2. The van der Waals surface area contributed by atoms with E-state index in [0.29, 0.717) is 34.9 Å². The van der Waals surface area contributed by atoms with Crippen molar-refractivity contribution < 1.29 is 4.92 Å². The van der Waals surface area contributed by atoms with E-state index in [0.717, 1.165) is 18.5 Å².